The molecule has 5 aromatic heterocycles. The van der Waals surface area contributed by atoms with Crippen molar-refractivity contribution in [2.45, 2.75) is 175 Å². The van der Waals surface area contributed by atoms with Crippen molar-refractivity contribution in [1.29, 1.82) is 0 Å². The first-order valence-electron chi connectivity index (χ1n) is 41.8. The Morgan fingerprint density at radius 1 is 0.524 bits per heavy atom. The average Bonchev–Trinajstić information content (AvgIpc) is 1.59. The number of nitrogens with one attached hydrogen (secondary N) is 1. The van der Waals surface area contributed by atoms with Gasteiger partial charge >= 0.3 is 145 Å². The van der Waals surface area contributed by atoms with E-state index in [1.807, 2.05) is 141 Å². The molecule has 1 aliphatic heterocycles. The van der Waals surface area contributed by atoms with Gasteiger partial charge < -0.3 is 114 Å². The fraction of sp³-hybridized carbons (Fsp3) is 0.383. The van der Waals surface area contributed by atoms with E-state index < -0.39 is 27.2 Å². The van der Waals surface area contributed by atoms with Crippen molar-refractivity contribution < 1.29 is 212 Å². The number of nitro groups is 3. The monoisotopic (exact) mass is 2450 g/mol. The molecule has 6 heterocycles. The molecule has 0 radical (unpaired) electrons. The summed E-state index contributed by atoms with van der Waals surface area (Å²) in [5.41, 5.74) is 69.6. The zero-order valence-electron chi connectivity index (χ0n) is 86.5. The Labute approximate surface area is 984 Å². The van der Waals surface area contributed by atoms with Crippen molar-refractivity contribution in [1.82, 2.24) is 47.8 Å². The third-order valence-corrected chi connectivity index (χ3v) is 21.6. The average molecular weight is 2450 g/mol. The summed E-state index contributed by atoms with van der Waals surface area (Å²) in [6.45, 7) is 42.9. The second-order valence-corrected chi connectivity index (χ2v) is 33.5. The standard InChI is InChI=1S/C14H21N3.C14H19N3.C9H17BO2.C9H10BrN3.C9H9N3O2.C9H11N3.C8H11N3O2.C7H7FN2O2.C7H8FN.C4H10O3.CH5N.CH2O3.2CH4.Br2.ClH.2Cs.HNO3.H/c2*1-8(2)10-6-11-14(16-7-17(11)5)12(9(3)4)13(10)15;1-7(2)10-11-8(3,4)9(5,6)12-10;1-5-3-6-9(7(10)8(5)11)12-4-13(6)2;1-6-3-9-7(10-5-11(9)2)4-8(6)12(13)14;1-6-3-9-8(4-7(6)10)11-5-12(9)2;1-5-3-7(10-2)6(9)4-8(5)11(12)13;1-4-2-5(8)6(9)3-7(4)10(11)12;1-5-2-3-7(9)6(8)4-5;1-5-4(6-2)7-3;1-2;2-1-4-3;;;1-2;;;;2-1(3)4;/h6-9H,15H2,1-5H3;6-8H,3,15H2,1-2,4-5H3;1H2,2-6H3;3-4H,11H2,1-2H3;3-5H,1-2H3;3-5H,10H2,1-2H3;3-4,10H,9H2,1-2H3;2-3H,9H2,1H3;2-4H,9H2,1H3;4H,1-3H3;2H2,1H3;1,3H;2*1H4;;1H;;;(H,2,3,4);/q;;;;;;;;;;;;;;;;2*+1;;-1/p-1. The van der Waals surface area contributed by atoms with Crippen molar-refractivity contribution in [3.63, 3.8) is 0 Å². The minimum atomic E-state index is -1.50. The van der Waals surface area contributed by atoms with Crippen LogP contribution in [0.5, 0.6) is 0 Å². The van der Waals surface area contributed by atoms with Gasteiger partial charge in [-0.1, -0.05) is 74.5 Å². The Balaban J connectivity index is -0.000000363. The summed E-state index contributed by atoms with van der Waals surface area (Å²) in [6.07, 6.45) is 8.91. The Morgan fingerprint density at radius 3 is 1.24 bits per heavy atom. The van der Waals surface area contributed by atoms with Crippen molar-refractivity contribution in [3.05, 3.63) is 247 Å². The van der Waals surface area contributed by atoms with Crippen LogP contribution in [-0.2, 0) is 68.4 Å². The van der Waals surface area contributed by atoms with Crippen LogP contribution in [0.3, 0.4) is 0 Å². The van der Waals surface area contributed by atoms with Crippen molar-refractivity contribution >= 4 is 193 Å². The number of nitro benzene ring substituents is 3. The molecule has 0 atom stereocenters. The molecule has 1 saturated heterocycles. The maximum atomic E-state index is 12.7. The van der Waals surface area contributed by atoms with Crippen molar-refractivity contribution in [3.8, 4) is 0 Å². The summed E-state index contributed by atoms with van der Waals surface area (Å²) < 4.78 is 61.1. The first kappa shape index (κ1) is 143. The number of allylic oxidation sites excluding steroid dienone is 2. The number of hydrogen-bond donors (Lipinski definition) is 10. The molecule has 1 aliphatic rings. The Kier molecular flexibility index (Phi) is 67.9. The zero-order chi connectivity index (χ0) is 106. The number of aromatic nitrogens is 10. The van der Waals surface area contributed by atoms with Gasteiger partial charge in [0, 0.05) is 155 Å². The number of methoxy groups -OCH3 is 3. The van der Waals surface area contributed by atoms with Crippen LogP contribution in [0.1, 0.15) is 173 Å². The van der Waals surface area contributed by atoms with Gasteiger partial charge in [-0.2, -0.15) is 0 Å². The van der Waals surface area contributed by atoms with Crippen LogP contribution < -0.4 is 194 Å². The maximum absolute atomic E-state index is 12.7. The first-order chi connectivity index (χ1) is 64.3. The van der Waals surface area contributed by atoms with Crippen molar-refractivity contribution in [2.75, 3.05) is 80.9 Å². The number of hydrogen-bond acceptors (Lipinski definition) is 30. The second kappa shape index (κ2) is 68.0. The van der Waals surface area contributed by atoms with Crippen molar-refractivity contribution in [2.24, 2.45) is 41.0 Å². The van der Waals surface area contributed by atoms with Gasteiger partial charge in [-0.3, -0.25) is 35.1 Å². The largest absolute Gasteiger partial charge is 1.00 e. The number of imidazole rings is 5. The van der Waals surface area contributed by atoms with Crippen LogP contribution in [0.15, 0.2) is 140 Å². The number of aryl methyl sites for hydroxylation is 11. The summed E-state index contributed by atoms with van der Waals surface area (Å²) >= 11 is 8.94. The number of fused-ring (bicyclic) bond motifs is 5. The van der Waals surface area contributed by atoms with E-state index in [0.717, 1.165) is 117 Å². The molecule has 1 fully saturated rings. The minimum absolute atomic E-state index is 0. The molecule has 18 N–H and O–H groups in total. The molecule has 13 aromatic rings. The molecule has 780 valence electrons. The Bertz CT molecular complexity index is 6290. The fourth-order valence-electron chi connectivity index (χ4n) is 12.7. The van der Waals surface area contributed by atoms with E-state index in [-0.39, 0.29) is 236 Å². The number of nitrogens with zero attached hydrogens (tertiary/aromatic N) is 14. The minimum Gasteiger partial charge on any atom is -1.00 e. The summed E-state index contributed by atoms with van der Waals surface area (Å²) in [5.74, 6) is 0.262. The van der Waals surface area contributed by atoms with Gasteiger partial charge in [-0.25, -0.2) is 33.7 Å². The molecule has 0 bridgehead atoms. The van der Waals surface area contributed by atoms with E-state index in [9.17, 15) is 39.1 Å². The quantitative estimate of drug-likeness (QED) is 0.00974. The van der Waals surface area contributed by atoms with E-state index >= 15 is 0 Å². The Hall–Kier alpha value is -8.66. The molecule has 143 heavy (non-hydrogen) atoms. The number of benzene rings is 8. The van der Waals surface area contributed by atoms with Gasteiger partial charge in [0.05, 0.1) is 140 Å². The maximum Gasteiger partial charge on any atom is 1.00 e. The normalized spacial score (nSPS) is 11.1. The molecule has 40 nitrogen and oxygen atoms in total. The zero-order valence-corrected chi connectivity index (χ0v) is 104. The molecule has 0 unspecified atom stereocenters. The molecule has 0 saturated carbocycles. The smallest absolute Gasteiger partial charge is 1.00 e. The van der Waals surface area contributed by atoms with Gasteiger partial charge in [-0.15, -0.1) is 29.1 Å². The van der Waals surface area contributed by atoms with E-state index in [1.165, 1.54) is 75.7 Å². The molecular formula is C94H140BBr3ClCs2F2N23O17. The molecular weight excluding hydrogens is 2310 g/mol. The molecule has 49 heteroatoms. The van der Waals surface area contributed by atoms with E-state index in [1.54, 1.807) is 64.1 Å². The molecule has 0 amide bonds. The van der Waals surface area contributed by atoms with E-state index in [2.05, 4.69) is 177 Å². The molecule has 0 spiro atoms. The van der Waals surface area contributed by atoms with Gasteiger partial charge in [0.2, 0.25) is 0 Å². The van der Waals surface area contributed by atoms with Crippen LogP contribution in [0.4, 0.5) is 71.3 Å². The Morgan fingerprint density at radius 2 is 0.874 bits per heavy atom. The van der Waals surface area contributed by atoms with Crippen LogP contribution >= 0.6 is 56.6 Å². The van der Waals surface area contributed by atoms with Crippen LogP contribution in [0.25, 0.3) is 60.7 Å². The molecule has 14 rings (SSSR count). The number of nitrogens with two attached hydrogens (primary N) is 8. The number of ether oxygens (including phenoxy) is 3. The van der Waals surface area contributed by atoms with E-state index in [0.29, 0.717) is 45.8 Å². The predicted molar refractivity (Wildman–Crippen MR) is 578 cm³/mol. The fourth-order valence-corrected chi connectivity index (χ4v) is 13.3. The van der Waals surface area contributed by atoms with Gasteiger partial charge in [-0.05, 0) is 218 Å². The third kappa shape index (κ3) is 42.2. The third-order valence-electron chi connectivity index (χ3n) is 20.8. The summed E-state index contributed by atoms with van der Waals surface area (Å²) in [5, 5.41) is 56.4. The second-order valence-electron chi connectivity index (χ2n) is 32.7. The SMILES string of the molecule is BrBr.C.C.C=C(C)B1OC(C)(C)C(C)(C)O1.C=C(C)c1c(N)c(C(C)C)cc2c1ncn2C.CC(C)c1cc2c(ncn2C)c(C(C)C)c1N.CN.CNc1cc(C)c([N+](=O)[O-])cc1N.COC(OC)OC.Cc1cc(F)c(N)cc1[N+](=O)[O-].Cc1cc2c(cc1N)ncn2C.Cc1cc2c(cc1[N+](=O)[O-])ncn2C.Cc1cc2c(ncn2C)c(Br)c1N.Cc1ccc(N)c(F)c1.Cl.O=CO[O-].O=[N+]([O-])O.[Cs+].[Cs+].[H-]. The summed E-state index contributed by atoms with van der Waals surface area (Å²) in [6, 6.07) is 23.4. The number of anilines is 8. The van der Waals surface area contributed by atoms with Gasteiger partial charge in [0.25, 0.3) is 35.1 Å². The molecule has 8 aromatic carbocycles. The number of carbonyl (C=O) groups excluding carboxylic acids is 1. The van der Waals surface area contributed by atoms with Crippen LogP contribution in [0, 0.1) is 93.6 Å². The number of carbonyl (C=O) groups is 1. The number of rotatable bonds is 13. The number of nitrogen functional groups attached to an aromatic ring is 7. The predicted octanol–water partition coefficient (Wildman–Crippen LogP) is 14.6. The van der Waals surface area contributed by atoms with E-state index in [4.69, 9.17) is 74.8 Å². The van der Waals surface area contributed by atoms with Gasteiger partial charge in [0.15, 0.2) is 0 Å². The van der Waals surface area contributed by atoms with Crippen LogP contribution in [0.2, 0.25) is 0 Å². The summed E-state index contributed by atoms with van der Waals surface area (Å²) in [4.78, 5) is 71.1. The molecule has 0 aliphatic carbocycles. The van der Waals surface area contributed by atoms with Gasteiger partial charge in [0.1, 0.15) is 17.2 Å². The summed E-state index contributed by atoms with van der Waals surface area (Å²) in [7, 11) is 17.3. The number of halogens is 6. The topological polar surface area (TPSA) is 598 Å². The first-order valence-corrected chi connectivity index (χ1v) is 46.3. The van der Waals surface area contributed by atoms with Crippen LogP contribution in [-0.4, -0.2) is 140 Å².